The number of aryl methyl sites for hydroxylation is 1. The summed E-state index contributed by atoms with van der Waals surface area (Å²) >= 11 is 0. The molecule has 0 bridgehead atoms. The predicted molar refractivity (Wildman–Crippen MR) is 86.6 cm³/mol. The van der Waals surface area contributed by atoms with Crippen LogP contribution in [0.3, 0.4) is 0 Å². The van der Waals surface area contributed by atoms with E-state index in [2.05, 4.69) is 0 Å². The third-order valence-electron chi connectivity index (χ3n) is 3.98. The Hall–Kier alpha value is -2.67. The molecule has 2 aromatic rings. The molecule has 0 radical (unpaired) electrons. The van der Waals surface area contributed by atoms with Crippen molar-refractivity contribution in [2.45, 2.75) is 18.7 Å². The van der Waals surface area contributed by atoms with E-state index in [1.807, 2.05) is 6.92 Å². The molecule has 0 atom stereocenters. The molecular formula is C17H15NO5S. The van der Waals surface area contributed by atoms with Gasteiger partial charge in [0, 0.05) is 11.8 Å². The average Bonchev–Trinajstić information content (AvgIpc) is 3.00. The number of fused-ring (bicyclic) bond motifs is 1. The van der Waals surface area contributed by atoms with Crippen LogP contribution in [0.2, 0.25) is 0 Å². The Kier molecular flexibility index (Phi) is 3.68. The van der Waals surface area contributed by atoms with Crippen LogP contribution in [0, 0.1) is 6.92 Å². The van der Waals surface area contributed by atoms with Crippen LogP contribution in [0.25, 0.3) is 0 Å². The van der Waals surface area contributed by atoms with E-state index in [0.717, 1.165) is 9.54 Å². The van der Waals surface area contributed by atoms with E-state index < -0.39 is 21.6 Å². The van der Waals surface area contributed by atoms with Gasteiger partial charge in [0.2, 0.25) is 5.78 Å². The molecule has 1 heterocycles. The number of ether oxygens (including phenoxy) is 1. The fourth-order valence-electron chi connectivity index (χ4n) is 2.67. The largest absolute Gasteiger partial charge is 0.492 e. The van der Waals surface area contributed by atoms with Crippen molar-refractivity contribution in [3.8, 4) is 0 Å². The van der Waals surface area contributed by atoms with Crippen molar-refractivity contribution in [2.24, 2.45) is 0 Å². The highest BCUT2D eigenvalue weighted by Crippen LogP contribution is 2.29. The van der Waals surface area contributed by atoms with Crippen molar-refractivity contribution in [2.75, 3.05) is 7.11 Å². The van der Waals surface area contributed by atoms with Crippen LogP contribution < -0.4 is 0 Å². The van der Waals surface area contributed by atoms with E-state index >= 15 is 0 Å². The molecule has 1 aromatic carbocycles. The molecule has 124 valence electrons. The van der Waals surface area contributed by atoms with Gasteiger partial charge in [-0.05, 0) is 32.0 Å². The normalized spacial score (nSPS) is 14.8. The molecule has 6 nitrogen and oxygen atoms in total. The SMILES string of the molecule is COC1=C(C)C(=O)c2ccn(S(=O)(=O)c3ccc(C)cc3)c2C1=O. The van der Waals surface area contributed by atoms with Crippen LogP contribution in [0.15, 0.2) is 52.8 Å². The number of carbonyl (C=O) groups excluding carboxylic acids is 2. The first-order chi connectivity index (χ1) is 11.3. The molecular weight excluding hydrogens is 330 g/mol. The molecule has 7 heteroatoms. The number of hydrogen-bond donors (Lipinski definition) is 0. The van der Waals surface area contributed by atoms with E-state index in [-0.39, 0.29) is 27.5 Å². The summed E-state index contributed by atoms with van der Waals surface area (Å²) in [7, 11) is -2.72. The summed E-state index contributed by atoms with van der Waals surface area (Å²) in [5, 5.41) is 0. The van der Waals surface area contributed by atoms with Crippen molar-refractivity contribution < 1.29 is 22.7 Å². The zero-order valence-electron chi connectivity index (χ0n) is 13.4. The number of hydrogen-bond acceptors (Lipinski definition) is 5. The van der Waals surface area contributed by atoms with Gasteiger partial charge in [-0.15, -0.1) is 0 Å². The number of aromatic nitrogens is 1. The molecule has 0 spiro atoms. The summed E-state index contributed by atoms with van der Waals surface area (Å²) < 4.78 is 31.5. The fourth-order valence-corrected chi connectivity index (χ4v) is 4.02. The summed E-state index contributed by atoms with van der Waals surface area (Å²) in [6, 6.07) is 7.60. The lowest BCUT2D eigenvalue weighted by atomic mass is 9.94. The van der Waals surface area contributed by atoms with E-state index in [1.54, 1.807) is 12.1 Å². The van der Waals surface area contributed by atoms with Crippen LogP contribution in [-0.4, -0.2) is 31.1 Å². The molecule has 3 rings (SSSR count). The minimum absolute atomic E-state index is 0.0389. The van der Waals surface area contributed by atoms with Gasteiger partial charge in [-0.2, -0.15) is 0 Å². The lowest BCUT2D eigenvalue weighted by Gasteiger charge is -2.17. The van der Waals surface area contributed by atoms with Crippen molar-refractivity contribution in [3.63, 3.8) is 0 Å². The first kappa shape index (κ1) is 16.2. The first-order valence-electron chi connectivity index (χ1n) is 7.17. The van der Waals surface area contributed by atoms with Crippen LogP contribution in [0.5, 0.6) is 0 Å². The molecule has 1 aliphatic rings. The first-order valence-corrected chi connectivity index (χ1v) is 8.61. The Morgan fingerprint density at radius 1 is 0.958 bits per heavy atom. The molecule has 24 heavy (non-hydrogen) atoms. The molecule has 0 amide bonds. The Labute approximate surface area is 139 Å². The number of rotatable bonds is 3. The second-order valence-corrected chi connectivity index (χ2v) is 7.32. The molecule has 0 N–H and O–H groups in total. The molecule has 0 saturated carbocycles. The second-order valence-electron chi connectivity index (χ2n) is 5.51. The maximum Gasteiger partial charge on any atom is 0.268 e. The Bertz CT molecular complexity index is 994. The maximum atomic E-state index is 12.8. The summed E-state index contributed by atoms with van der Waals surface area (Å²) in [5.41, 5.74) is 0.951. The molecule has 1 aliphatic carbocycles. The fraction of sp³-hybridized carbons (Fsp3) is 0.176. The third-order valence-corrected chi connectivity index (χ3v) is 5.67. The van der Waals surface area contributed by atoms with Crippen LogP contribution in [-0.2, 0) is 14.8 Å². The van der Waals surface area contributed by atoms with Crippen LogP contribution >= 0.6 is 0 Å². The summed E-state index contributed by atoms with van der Waals surface area (Å²) in [4.78, 5) is 25.0. The average molecular weight is 345 g/mol. The van der Waals surface area contributed by atoms with Crippen LogP contribution in [0.1, 0.15) is 33.3 Å². The Morgan fingerprint density at radius 2 is 1.58 bits per heavy atom. The molecule has 0 unspecified atom stereocenters. The Morgan fingerprint density at radius 3 is 2.17 bits per heavy atom. The maximum absolute atomic E-state index is 12.8. The lowest BCUT2D eigenvalue weighted by Crippen LogP contribution is -2.26. The van der Waals surface area contributed by atoms with Gasteiger partial charge in [-0.25, -0.2) is 12.4 Å². The third kappa shape index (κ3) is 2.20. The highest BCUT2D eigenvalue weighted by atomic mass is 32.2. The minimum atomic E-state index is -3.99. The van der Waals surface area contributed by atoms with Gasteiger partial charge < -0.3 is 4.74 Å². The summed E-state index contributed by atoms with van der Waals surface area (Å²) in [5.74, 6) is -1.17. The van der Waals surface area contributed by atoms with Crippen molar-refractivity contribution >= 4 is 21.6 Å². The molecule has 0 fully saturated rings. The highest BCUT2D eigenvalue weighted by molar-refractivity contribution is 7.90. The molecule has 0 aliphatic heterocycles. The molecule has 1 aromatic heterocycles. The minimum Gasteiger partial charge on any atom is -0.492 e. The number of methoxy groups -OCH3 is 1. The van der Waals surface area contributed by atoms with Gasteiger partial charge in [0.15, 0.2) is 11.5 Å². The van der Waals surface area contributed by atoms with Gasteiger partial charge in [-0.1, -0.05) is 17.7 Å². The number of ketones is 2. The number of allylic oxidation sites excluding steroid dienone is 2. The standard InChI is InChI=1S/C17H15NO5S/c1-10-4-6-12(7-5-10)24(21,22)18-9-8-13-14(18)16(20)17(23-3)11(2)15(13)19/h4-9H,1-3H3. The van der Waals surface area contributed by atoms with Crippen LogP contribution in [0.4, 0.5) is 0 Å². The van der Waals surface area contributed by atoms with E-state index in [0.29, 0.717) is 0 Å². The topological polar surface area (TPSA) is 82.4 Å². The molecule has 0 saturated heterocycles. The van der Waals surface area contributed by atoms with Crippen molar-refractivity contribution in [1.29, 1.82) is 0 Å². The number of benzene rings is 1. The number of nitrogens with zero attached hydrogens (tertiary/aromatic N) is 1. The van der Waals surface area contributed by atoms with Crippen molar-refractivity contribution in [1.82, 2.24) is 3.97 Å². The number of Topliss-reactive ketones (excluding diaryl/α,β-unsaturated/α-hetero) is 2. The van der Waals surface area contributed by atoms with Crippen molar-refractivity contribution in [3.05, 3.63) is 64.7 Å². The van der Waals surface area contributed by atoms with Gasteiger partial charge in [0.25, 0.3) is 10.0 Å². The smallest absolute Gasteiger partial charge is 0.268 e. The predicted octanol–water partition coefficient (Wildman–Crippen LogP) is 2.33. The van der Waals surface area contributed by atoms with Gasteiger partial charge in [-0.3, -0.25) is 9.59 Å². The van der Waals surface area contributed by atoms with E-state index in [4.69, 9.17) is 4.74 Å². The second kappa shape index (κ2) is 5.45. The van der Waals surface area contributed by atoms with E-state index in [9.17, 15) is 18.0 Å². The summed E-state index contributed by atoms with van der Waals surface area (Å²) in [6.45, 7) is 3.32. The van der Waals surface area contributed by atoms with Gasteiger partial charge in [0.05, 0.1) is 17.6 Å². The zero-order valence-corrected chi connectivity index (χ0v) is 14.2. The summed E-state index contributed by atoms with van der Waals surface area (Å²) in [6.07, 6.45) is 1.22. The van der Waals surface area contributed by atoms with E-state index in [1.165, 1.54) is 38.4 Å². The number of carbonyl (C=O) groups is 2. The lowest BCUT2D eigenvalue weighted by molar-refractivity contribution is 0.0901. The quantitative estimate of drug-likeness (QED) is 0.853. The Balaban J connectivity index is 2.22. The zero-order chi connectivity index (χ0) is 17.6. The van der Waals surface area contributed by atoms with Gasteiger partial charge >= 0.3 is 0 Å². The highest BCUT2D eigenvalue weighted by Gasteiger charge is 2.36. The monoisotopic (exact) mass is 345 g/mol. The van der Waals surface area contributed by atoms with Gasteiger partial charge in [0.1, 0.15) is 5.69 Å².